The minimum atomic E-state index is 0.214. The molecule has 0 saturated carbocycles. The van der Waals surface area contributed by atoms with Gasteiger partial charge in [0.1, 0.15) is 5.58 Å². The quantitative estimate of drug-likeness (QED) is 0.583. The number of rotatable bonds is 0. The van der Waals surface area contributed by atoms with Gasteiger partial charge in [0.2, 0.25) is 0 Å². The minimum Gasteiger partial charge on any atom is -0.430 e. The van der Waals surface area contributed by atoms with Gasteiger partial charge >= 0.3 is 0 Å². The van der Waals surface area contributed by atoms with Crippen molar-refractivity contribution in [2.75, 3.05) is 5.73 Å². The number of nitrogens with two attached hydrogens (primary N) is 1. The minimum absolute atomic E-state index is 0.214. The number of benzene rings is 1. The molecule has 1 aromatic heterocycles. The summed E-state index contributed by atoms with van der Waals surface area (Å²) in [5.41, 5.74) is 6.97. The molecule has 0 fully saturated rings. The van der Waals surface area contributed by atoms with Crippen LogP contribution >= 0.6 is 11.3 Å². The van der Waals surface area contributed by atoms with E-state index in [1.165, 1.54) is 11.3 Å². The van der Waals surface area contributed by atoms with Crippen molar-refractivity contribution < 1.29 is 4.42 Å². The van der Waals surface area contributed by atoms with Gasteiger partial charge in [0.15, 0.2) is 0 Å². The van der Waals surface area contributed by atoms with Gasteiger partial charge in [0, 0.05) is 5.69 Å². The highest BCUT2D eigenvalue weighted by Crippen LogP contribution is 2.18. The fraction of sp³-hybridized carbons (Fsp3) is 0. The van der Waals surface area contributed by atoms with Gasteiger partial charge in [-0.1, -0.05) is 11.3 Å². The molecule has 0 amide bonds. The first kappa shape index (κ1) is 6.42. The van der Waals surface area contributed by atoms with E-state index in [9.17, 15) is 0 Å². The molecule has 0 radical (unpaired) electrons. The first-order valence-corrected chi connectivity index (χ1v) is 3.91. The van der Waals surface area contributed by atoms with E-state index in [1.807, 2.05) is 6.07 Å². The molecular weight excluding hydrogens is 160 g/mol. The van der Waals surface area contributed by atoms with Crippen molar-refractivity contribution in [3.63, 3.8) is 0 Å². The fourth-order valence-corrected chi connectivity index (χ4v) is 1.65. The van der Waals surface area contributed by atoms with E-state index in [2.05, 4.69) is 0 Å². The summed E-state index contributed by atoms with van der Waals surface area (Å²) < 4.78 is 5.98. The zero-order valence-corrected chi connectivity index (χ0v) is 6.44. The molecular formula is C7H6N2OS. The number of fused-ring (bicyclic) bond motifs is 1. The van der Waals surface area contributed by atoms with Crippen LogP contribution < -0.4 is 10.6 Å². The standard InChI is InChI=1S/C7H6N2OS/c8-4-1-2-5-6(3-4)11-7(9)10-5/h1-3,9H,8H2. The Balaban J connectivity index is 2.92. The lowest BCUT2D eigenvalue weighted by Gasteiger charge is -1.88. The van der Waals surface area contributed by atoms with E-state index in [-0.39, 0.29) is 4.87 Å². The molecule has 0 aliphatic rings. The third-order valence-corrected chi connectivity index (χ3v) is 2.18. The molecule has 11 heavy (non-hydrogen) atoms. The number of hydrogen-bond donors (Lipinski definition) is 2. The van der Waals surface area contributed by atoms with Crippen molar-refractivity contribution in [2.45, 2.75) is 0 Å². The van der Waals surface area contributed by atoms with Crippen LogP contribution in [-0.4, -0.2) is 0 Å². The van der Waals surface area contributed by atoms with Crippen molar-refractivity contribution >= 4 is 27.3 Å². The Morgan fingerprint density at radius 1 is 1.45 bits per heavy atom. The van der Waals surface area contributed by atoms with E-state index < -0.39 is 0 Å². The zero-order valence-electron chi connectivity index (χ0n) is 5.63. The Morgan fingerprint density at radius 2 is 2.27 bits per heavy atom. The largest absolute Gasteiger partial charge is 0.430 e. The van der Waals surface area contributed by atoms with Crippen LogP contribution in [0.15, 0.2) is 22.6 Å². The highest BCUT2D eigenvalue weighted by atomic mass is 32.1. The SMILES string of the molecule is N=c1oc2ccc(N)cc2s1. The normalized spacial score (nSPS) is 10.5. The second-order valence-corrected chi connectivity index (χ2v) is 3.21. The summed E-state index contributed by atoms with van der Waals surface area (Å²) in [6.45, 7) is 0. The van der Waals surface area contributed by atoms with Crippen molar-refractivity contribution in [3.05, 3.63) is 23.1 Å². The highest BCUT2D eigenvalue weighted by Gasteiger charge is 1.98. The smallest absolute Gasteiger partial charge is 0.271 e. The first-order chi connectivity index (χ1) is 5.25. The second-order valence-electron chi connectivity index (χ2n) is 2.20. The van der Waals surface area contributed by atoms with Crippen LogP contribution in [0.3, 0.4) is 0 Å². The van der Waals surface area contributed by atoms with E-state index in [4.69, 9.17) is 15.6 Å². The molecule has 0 spiro atoms. The lowest BCUT2D eigenvalue weighted by Crippen LogP contribution is -1.80. The molecule has 0 aliphatic heterocycles. The molecule has 56 valence electrons. The lowest BCUT2D eigenvalue weighted by atomic mass is 10.3. The molecule has 0 atom stereocenters. The molecule has 4 heteroatoms. The van der Waals surface area contributed by atoms with Gasteiger partial charge in [0.05, 0.1) is 4.70 Å². The molecule has 1 aromatic carbocycles. The van der Waals surface area contributed by atoms with Crippen LogP contribution in [0, 0.1) is 5.41 Å². The molecule has 2 aromatic rings. The molecule has 1 heterocycles. The second kappa shape index (κ2) is 2.10. The summed E-state index contributed by atoms with van der Waals surface area (Å²) in [6.07, 6.45) is 0. The van der Waals surface area contributed by atoms with Gasteiger partial charge in [-0.25, -0.2) is 0 Å². The van der Waals surface area contributed by atoms with E-state index >= 15 is 0 Å². The van der Waals surface area contributed by atoms with Gasteiger partial charge in [-0.3, -0.25) is 5.41 Å². The Morgan fingerprint density at radius 3 is 3.09 bits per heavy atom. The number of anilines is 1. The van der Waals surface area contributed by atoms with E-state index in [0.29, 0.717) is 5.69 Å². The van der Waals surface area contributed by atoms with Gasteiger partial charge in [-0.15, -0.1) is 0 Å². The summed E-state index contributed by atoms with van der Waals surface area (Å²) >= 11 is 1.29. The molecule has 3 nitrogen and oxygen atoms in total. The van der Waals surface area contributed by atoms with Crippen molar-refractivity contribution in [1.82, 2.24) is 0 Å². The van der Waals surface area contributed by atoms with Gasteiger partial charge in [0.25, 0.3) is 4.87 Å². The molecule has 0 aliphatic carbocycles. The summed E-state index contributed by atoms with van der Waals surface area (Å²) in [4.78, 5) is 0.214. The number of nitrogens with one attached hydrogen (secondary N) is 1. The van der Waals surface area contributed by atoms with Gasteiger partial charge < -0.3 is 10.2 Å². The first-order valence-electron chi connectivity index (χ1n) is 3.09. The molecule has 0 unspecified atom stereocenters. The van der Waals surface area contributed by atoms with Crippen molar-refractivity contribution in [1.29, 1.82) is 5.41 Å². The topological polar surface area (TPSA) is 63.0 Å². The summed E-state index contributed by atoms with van der Waals surface area (Å²) in [6, 6.07) is 5.35. The summed E-state index contributed by atoms with van der Waals surface area (Å²) in [7, 11) is 0. The van der Waals surface area contributed by atoms with E-state index in [1.54, 1.807) is 12.1 Å². The summed E-state index contributed by atoms with van der Waals surface area (Å²) in [5.74, 6) is 0. The summed E-state index contributed by atoms with van der Waals surface area (Å²) in [5, 5.41) is 7.20. The Kier molecular flexibility index (Phi) is 1.22. The van der Waals surface area contributed by atoms with Crippen molar-refractivity contribution in [2.24, 2.45) is 0 Å². The molecule has 0 saturated heterocycles. The van der Waals surface area contributed by atoms with Crippen molar-refractivity contribution in [3.8, 4) is 0 Å². The van der Waals surface area contributed by atoms with Crippen LogP contribution in [0.25, 0.3) is 10.3 Å². The van der Waals surface area contributed by atoms with Gasteiger partial charge in [-0.05, 0) is 18.2 Å². The molecule has 0 bridgehead atoms. The van der Waals surface area contributed by atoms with Gasteiger partial charge in [-0.2, -0.15) is 0 Å². The lowest BCUT2D eigenvalue weighted by molar-refractivity contribution is 0.559. The highest BCUT2D eigenvalue weighted by molar-refractivity contribution is 7.16. The van der Waals surface area contributed by atoms with Crippen LogP contribution in [0.1, 0.15) is 0 Å². The van der Waals surface area contributed by atoms with E-state index in [0.717, 1.165) is 10.3 Å². The number of hydrogen-bond acceptors (Lipinski definition) is 4. The maximum absolute atomic E-state index is 7.20. The van der Waals surface area contributed by atoms with Crippen LogP contribution in [0.4, 0.5) is 5.69 Å². The molecule has 2 rings (SSSR count). The Bertz CT molecular complexity index is 443. The average Bonchev–Trinajstić information content (AvgIpc) is 2.27. The van der Waals surface area contributed by atoms with Crippen LogP contribution in [0.2, 0.25) is 0 Å². The maximum Gasteiger partial charge on any atom is 0.271 e. The maximum atomic E-state index is 7.20. The fourth-order valence-electron chi connectivity index (χ4n) is 0.909. The number of nitrogen functional groups attached to an aromatic ring is 1. The Hall–Kier alpha value is -1.29. The Labute approximate surface area is 66.6 Å². The van der Waals surface area contributed by atoms with Crippen LogP contribution in [0.5, 0.6) is 0 Å². The average molecular weight is 166 g/mol. The third kappa shape index (κ3) is 1.01. The molecule has 3 N–H and O–H groups in total. The third-order valence-electron chi connectivity index (χ3n) is 1.37. The predicted octanol–water partition coefficient (Wildman–Crippen LogP) is 1.56. The predicted molar refractivity (Wildman–Crippen MR) is 44.4 cm³/mol. The van der Waals surface area contributed by atoms with Crippen LogP contribution in [-0.2, 0) is 0 Å². The zero-order chi connectivity index (χ0) is 7.84. The monoisotopic (exact) mass is 166 g/mol.